The van der Waals surface area contributed by atoms with Crippen LogP contribution in [0, 0.1) is 6.92 Å². The van der Waals surface area contributed by atoms with Gasteiger partial charge in [0.05, 0.1) is 0 Å². The molecular formula is C13H17NS. The zero-order valence-electron chi connectivity index (χ0n) is 9.06. The quantitative estimate of drug-likeness (QED) is 0.561. The Morgan fingerprint density at radius 2 is 1.93 bits per heavy atom. The summed E-state index contributed by atoms with van der Waals surface area (Å²) >= 11 is 4.53. The lowest BCUT2D eigenvalue weighted by Crippen LogP contribution is -2.14. The third-order valence-corrected chi connectivity index (χ3v) is 4.45. The minimum Gasteiger partial charge on any atom is -0.243 e. The molecule has 1 aromatic rings. The first-order valence-electron chi connectivity index (χ1n) is 5.81. The Labute approximate surface area is 97.0 Å². The molecule has 0 N–H and O–H groups in total. The number of fused-ring (bicyclic) bond motifs is 1. The number of hydrogen-bond acceptors (Lipinski definition) is 2. The van der Waals surface area contributed by atoms with Crippen LogP contribution in [0.15, 0.2) is 24.3 Å². The summed E-state index contributed by atoms with van der Waals surface area (Å²) in [5.41, 5.74) is 2.86. The van der Waals surface area contributed by atoms with E-state index < -0.39 is 0 Å². The van der Waals surface area contributed by atoms with Crippen LogP contribution in [0.1, 0.15) is 36.3 Å². The number of nitrogens with zero attached hydrogens (tertiary/aromatic N) is 1. The summed E-state index contributed by atoms with van der Waals surface area (Å²) < 4.78 is 2.25. The van der Waals surface area contributed by atoms with Gasteiger partial charge in [0.25, 0.3) is 0 Å². The van der Waals surface area contributed by atoms with E-state index in [9.17, 15) is 0 Å². The molecule has 1 saturated carbocycles. The van der Waals surface area contributed by atoms with Crippen molar-refractivity contribution in [3.8, 4) is 0 Å². The highest BCUT2D eigenvalue weighted by molar-refractivity contribution is 7.78. The molecule has 4 unspecified atom stereocenters. The molecule has 1 aliphatic carbocycles. The zero-order chi connectivity index (χ0) is 10.4. The summed E-state index contributed by atoms with van der Waals surface area (Å²) in [6.45, 7) is 2.15. The summed E-state index contributed by atoms with van der Waals surface area (Å²) in [6.07, 6.45) is 4.04. The topological polar surface area (TPSA) is 3.01 Å². The molecule has 3 rings (SSSR count). The van der Waals surface area contributed by atoms with Crippen LogP contribution in [0.4, 0.5) is 0 Å². The van der Waals surface area contributed by atoms with Crippen molar-refractivity contribution in [2.45, 2.75) is 44.2 Å². The monoisotopic (exact) mass is 219 g/mol. The summed E-state index contributed by atoms with van der Waals surface area (Å²) in [6, 6.07) is 10.5. The molecule has 4 atom stereocenters. The maximum Gasteiger partial charge on any atom is 0.0437 e. The van der Waals surface area contributed by atoms with Gasteiger partial charge in [0, 0.05) is 18.0 Å². The second-order valence-electron chi connectivity index (χ2n) is 4.89. The van der Waals surface area contributed by atoms with E-state index in [1.165, 1.54) is 30.4 Å². The fraction of sp³-hybridized carbons (Fsp3) is 0.538. The van der Waals surface area contributed by atoms with Gasteiger partial charge in [0.2, 0.25) is 0 Å². The van der Waals surface area contributed by atoms with Gasteiger partial charge in [-0.15, -0.1) is 0 Å². The number of hydrogen-bond donors (Lipinski definition) is 1. The fourth-order valence-electron chi connectivity index (χ4n) is 2.94. The highest BCUT2D eigenvalue weighted by atomic mass is 32.1. The largest absolute Gasteiger partial charge is 0.243 e. The van der Waals surface area contributed by atoms with Crippen LogP contribution < -0.4 is 0 Å². The molecule has 1 aromatic carbocycles. The lowest BCUT2D eigenvalue weighted by Gasteiger charge is -2.20. The van der Waals surface area contributed by atoms with Crippen LogP contribution >= 0.6 is 12.8 Å². The third-order valence-electron chi connectivity index (χ3n) is 3.88. The first-order valence-corrected chi connectivity index (χ1v) is 6.21. The average molecular weight is 219 g/mol. The average Bonchev–Trinajstić information content (AvgIpc) is 2.92. The van der Waals surface area contributed by atoms with Crippen molar-refractivity contribution < 1.29 is 0 Å². The van der Waals surface area contributed by atoms with Gasteiger partial charge in [-0.25, -0.2) is 4.31 Å². The highest BCUT2D eigenvalue weighted by Gasteiger charge is 2.52. The van der Waals surface area contributed by atoms with Crippen molar-refractivity contribution in [2.24, 2.45) is 0 Å². The van der Waals surface area contributed by atoms with Crippen molar-refractivity contribution in [1.82, 2.24) is 4.31 Å². The Balaban J connectivity index is 1.84. The summed E-state index contributed by atoms with van der Waals surface area (Å²) in [7, 11) is 0. The molecule has 0 bridgehead atoms. The smallest absolute Gasteiger partial charge is 0.0437 e. The first kappa shape index (κ1) is 9.73. The SMILES string of the molecule is Cc1ccc(C2CCCC3C2N3S)cc1. The highest BCUT2D eigenvalue weighted by Crippen LogP contribution is 2.49. The van der Waals surface area contributed by atoms with Crippen molar-refractivity contribution in [2.75, 3.05) is 0 Å². The number of thiol groups is 1. The normalized spacial score (nSPS) is 38.5. The van der Waals surface area contributed by atoms with E-state index in [4.69, 9.17) is 0 Å². The molecular weight excluding hydrogens is 202 g/mol. The van der Waals surface area contributed by atoms with Crippen LogP contribution in [-0.2, 0) is 0 Å². The standard InChI is InChI=1S/C13H17NS/c1-9-5-7-10(8-6-9)11-3-2-4-12-13(11)14(12)15/h5-8,11-13,15H,2-4H2,1H3. The Bertz CT molecular complexity index is 359. The molecule has 1 nitrogen and oxygen atoms in total. The predicted octanol–water partition coefficient (Wildman–Crippen LogP) is 3.16. The van der Waals surface area contributed by atoms with Crippen LogP contribution in [0.25, 0.3) is 0 Å². The molecule has 2 aliphatic rings. The molecule has 80 valence electrons. The first-order chi connectivity index (χ1) is 7.27. The molecule has 0 spiro atoms. The van der Waals surface area contributed by atoms with E-state index in [1.54, 1.807) is 0 Å². The second kappa shape index (κ2) is 3.53. The molecule has 0 aromatic heterocycles. The van der Waals surface area contributed by atoms with E-state index >= 15 is 0 Å². The van der Waals surface area contributed by atoms with E-state index in [0.717, 1.165) is 12.0 Å². The maximum atomic E-state index is 4.53. The van der Waals surface area contributed by atoms with Crippen molar-refractivity contribution in [1.29, 1.82) is 0 Å². The molecule has 15 heavy (non-hydrogen) atoms. The summed E-state index contributed by atoms with van der Waals surface area (Å²) in [4.78, 5) is 0. The Morgan fingerprint density at radius 3 is 2.67 bits per heavy atom. The number of rotatable bonds is 1. The minimum atomic E-state index is 0.713. The van der Waals surface area contributed by atoms with Gasteiger partial charge in [-0.1, -0.05) is 49.1 Å². The second-order valence-corrected chi connectivity index (χ2v) is 5.35. The molecule has 0 radical (unpaired) electrons. The van der Waals surface area contributed by atoms with E-state index in [1.807, 2.05) is 0 Å². The van der Waals surface area contributed by atoms with Gasteiger partial charge >= 0.3 is 0 Å². The Hall–Kier alpha value is -0.470. The fourth-order valence-corrected chi connectivity index (χ4v) is 3.44. The third kappa shape index (κ3) is 1.60. The minimum absolute atomic E-state index is 0.713. The summed E-state index contributed by atoms with van der Waals surface area (Å²) in [5.74, 6) is 0.724. The number of aryl methyl sites for hydroxylation is 1. The van der Waals surface area contributed by atoms with Crippen LogP contribution in [0.2, 0.25) is 0 Å². The van der Waals surface area contributed by atoms with Crippen molar-refractivity contribution >= 4 is 12.8 Å². The Kier molecular flexibility index (Phi) is 2.29. The molecule has 1 heterocycles. The predicted molar refractivity (Wildman–Crippen MR) is 66.2 cm³/mol. The van der Waals surface area contributed by atoms with E-state index in [-0.39, 0.29) is 0 Å². The van der Waals surface area contributed by atoms with E-state index in [2.05, 4.69) is 48.3 Å². The number of benzene rings is 1. The van der Waals surface area contributed by atoms with Gasteiger partial charge in [-0.3, -0.25) is 0 Å². The zero-order valence-corrected chi connectivity index (χ0v) is 9.95. The molecule has 1 aliphatic heterocycles. The van der Waals surface area contributed by atoms with Crippen molar-refractivity contribution in [3.63, 3.8) is 0 Å². The molecule has 2 heteroatoms. The van der Waals surface area contributed by atoms with Crippen LogP contribution in [0.5, 0.6) is 0 Å². The van der Waals surface area contributed by atoms with Crippen molar-refractivity contribution in [3.05, 3.63) is 35.4 Å². The van der Waals surface area contributed by atoms with Gasteiger partial charge in [0.15, 0.2) is 0 Å². The lowest BCUT2D eigenvalue weighted by atomic mass is 9.84. The van der Waals surface area contributed by atoms with Gasteiger partial charge < -0.3 is 0 Å². The molecule has 2 fully saturated rings. The molecule has 0 amide bonds. The van der Waals surface area contributed by atoms with Crippen LogP contribution in [0.3, 0.4) is 0 Å². The lowest BCUT2D eigenvalue weighted by molar-refractivity contribution is 0.502. The summed E-state index contributed by atoms with van der Waals surface area (Å²) in [5, 5.41) is 0. The van der Waals surface area contributed by atoms with Crippen LogP contribution in [-0.4, -0.2) is 16.4 Å². The van der Waals surface area contributed by atoms with Gasteiger partial charge in [-0.05, 0) is 25.3 Å². The van der Waals surface area contributed by atoms with Gasteiger partial charge in [0.1, 0.15) is 0 Å². The van der Waals surface area contributed by atoms with Gasteiger partial charge in [-0.2, -0.15) is 0 Å². The maximum absolute atomic E-state index is 4.53. The molecule has 1 saturated heterocycles. The Morgan fingerprint density at radius 1 is 1.20 bits per heavy atom. The van der Waals surface area contributed by atoms with E-state index in [0.29, 0.717) is 6.04 Å².